The minimum Gasteiger partial charge on any atom is -0.492 e. The molecule has 1 aromatic carbocycles. The Labute approximate surface area is 207 Å². The summed E-state index contributed by atoms with van der Waals surface area (Å²) >= 11 is 6.44. The van der Waals surface area contributed by atoms with Crippen molar-refractivity contribution in [3.63, 3.8) is 0 Å². The maximum Gasteiger partial charge on any atom is 0.404 e. The maximum atomic E-state index is 12.8. The SMILES string of the molecule is COCCCOc1cc2c(cc1Cl)-c1cc(=O)c(NS(=O)(=O)CC(F)(F)F)cn1C(C(C)(C)C)C2. The predicted octanol–water partition coefficient (Wildman–Crippen LogP) is 5.03. The van der Waals surface area contributed by atoms with Gasteiger partial charge >= 0.3 is 6.18 Å². The third kappa shape index (κ3) is 6.71. The van der Waals surface area contributed by atoms with E-state index in [1.54, 1.807) is 22.5 Å². The topological polar surface area (TPSA) is 86.6 Å². The molecule has 1 unspecified atom stereocenters. The normalized spacial score (nSPS) is 15.9. The van der Waals surface area contributed by atoms with E-state index >= 15 is 0 Å². The lowest BCUT2D eigenvalue weighted by Gasteiger charge is -2.39. The Morgan fingerprint density at radius 3 is 2.46 bits per heavy atom. The number of anilines is 1. The molecule has 0 radical (unpaired) electrons. The van der Waals surface area contributed by atoms with Gasteiger partial charge in [0.25, 0.3) is 0 Å². The molecule has 7 nitrogen and oxygen atoms in total. The highest BCUT2D eigenvalue weighted by molar-refractivity contribution is 7.92. The van der Waals surface area contributed by atoms with Crippen molar-refractivity contribution in [2.75, 3.05) is 30.8 Å². The zero-order valence-electron chi connectivity index (χ0n) is 19.8. The summed E-state index contributed by atoms with van der Waals surface area (Å²) in [7, 11) is -3.21. The van der Waals surface area contributed by atoms with Crippen molar-refractivity contribution in [2.24, 2.45) is 5.41 Å². The Hall–Kier alpha value is -2.24. The number of methoxy groups -OCH3 is 1. The fourth-order valence-corrected chi connectivity index (χ4v) is 5.26. The van der Waals surface area contributed by atoms with Gasteiger partial charge in [-0.05, 0) is 29.5 Å². The second-order valence-electron chi connectivity index (χ2n) is 9.54. The predicted molar refractivity (Wildman–Crippen MR) is 129 cm³/mol. The molecule has 1 aliphatic heterocycles. The zero-order valence-corrected chi connectivity index (χ0v) is 21.4. The molecule has 0 bridgehead atoms. The molecule has 0 saturated carbocycles. The van der Waals surface area contributed by atoms with Crippen molar-refractivity contribution in [2.45, 2.75) is 45.8 Å². The number of sulfonamides is 1. The van der Waals surface area contributed by atoms with Crippen molar-refractivity contribution in [1.29, 1.82) is 0 Å². The Balaban J connectivity index is 2.07. The van der Waals surface area contributed by atoms with Crippen LogP contribution < -0.4 is 14.9 Å². The lowest BCUT2D eigenvalue weighted by molar-refractivity contribution is -0.106. The van der Waals surface area contributed by atoms with Gasteiger partial charge < -0.3 is 14.0 Å². The van der Waals surface area contributed by atoms with Crippen molar-refractivity contribution < 1.29 is 31.1 Å². The number of pyridine rings is 1. The summed E-state index contributed by atoms with van der Waals surface area (Å²) in [4.78, 5) is 12.8. The minimum atomic E-state index is -4.94. The molecule has 194 valence electrons. The fourth-order valence-electron chi connectivity index (χ4n) is 4.05. The number of nitrogens with one attached hydrogen (secondary N) is 1. The molecule has 0 spiro atoms. The molecule has 1 atom stereocenters. The van der Waals surface area contributed by atoms with Gasteiger partial charge in [-0.2, -0.15) is 13.2 Å². The van der Waals surface area contributed by atoms with Gasteiger partial charge in [-0.3, -0.25) is 9.52 Å². The molecule has 3 rings (SSSR count). The van der Waals surface area contributed by atoms with Gasteiger partial charge in [0.2, 0.25) is 15.5 Å². The first-order chi connectivity index (χ1) is 16.1. The maximum absolute atomic E-state index is 12.8. The van der Waals surface area contributed by atoms with E-state index < -0.39 is 33.1 Å². The van der Waals surface area contributed by atoms with Crippen LogP contribution in [-0.4, -0.2) is 45.2 Å². The molecule has 35 heavy (non-hydrogen) atoms. The number of ether oxygens (including phenoxy) is 2. The number of nitrogens with zero attached hydrogens (tertiary/aromatic N) is 1. The van der Waals surface area contributed by atoms with E-state index in [1.807, 2.05) is 26.8 Å². The van der Waals surface area contributed by atoms with Crippen LogP contribution in [0.3, 0.4) is 0 Å². The summed E-state index contributed by atoms with van der Waals surface area (Å²) in [5.74, 6) is -1.59. The Kier molecular flexibility index (Phi) is 7.83. The first-order valence-corrected chi connectivity index (χ1v) is 12.9. The van der Waals surface area contributed by atoms with E-state index in [-0.39, 0.29) is 11.5 Å². The number of aromatic nitrogens is 1. The number of halogens is 4. The number of benzene rings is 1. The summed E-state index contributed by atoms with van der Waals surface area (Å²) in [6.45, 7) is 6.90. The van der Waals surface area contributed by atoms with E-state index in [4.69, 9.17) is 21.1 Å². The van der Waals surface area contributed by atoms with Gasteiger partial charge in [-0.25, -0.2) is 8.42 Å². The highest BCUT2D eigenvalue weighted by atomic mass is 35.5. The van der Waals surface area contributed by atoms with Crippen molar-refractivity contribution in [1.82, 2.24) is 4.57 Å². The number of alkyl halides is 3. The molecule has 1 N–H and O–H groups in total. The monoisotopic (exact) mass is 536 g/mol. The van der Waals surface area contributed by atoms with Gasteiger partial charge in [0.15, 0.2) is 5.75 Å². The molecule has 1 aliphatic rings. The molecule has 0 saturated heterocycles. The quantitative estimate of drug-likeness (QED) is 0.478. The van der Waals surface area contributed by atoms with Crippen LogP contribution in [0.4, 0.5) is 18.9 Å². The van der Waals surface area contributed by atoms with Gasteiger partial charge in [-0.15, -0.1) is 0 Å². The Morgan fingerprint density at radius 1 is 1.17 bits per heavy atom. The first kappa shape index (κ1) is 27.3. The van der Waals surface area contributed by atoms with Crippen molar-refractivity contribution in [3.05, 3.63) is 45.2 Å². The highest BCUT2D eigenvalue weighted by Gasteiger charge is 2.37. The standard InChI is InChI=1S/C23H28ClF3N2O5S/c1-22(2,3)21-9-14-8-20(34-7-5-6-33-4)16(24)10-15(14)18-11-19(30)17(12-29(18)21)28-35(31,32)13-23(25,26)27/h8,10-12,21,28H,5-7,9,13H2,1-4H3. The number of hydrogen-bond acceptors (Lipinski definition) is 5. The molecular formula is C23H28ClF3N2O5S. The number of fused-ring (bicyclic) bond motifs is 3. The summed E-state index contributed by atoms with van der Waals surface area (Å²) < 4.78 is 76.4. The summed E-state index contributed by atoms with van der Waals surface area (Å²) in [6, 6.07) is 4.49. The van der Waals surface area contributed by atoms with E-state index in [2.05, 4.69) is 0 Å². The van der Waals surface area contributed by atoms with Gasteiger partial charge in [-0.1, -0.05) is 32.4 Å². The molecule has 12 heteroatoms. The van der Waals surface area contributed by atoms with Gasteiger partial charge in [0.05, 0.1) is 17.3 Å². The summed E-state index contributed by atoms with van der Waals surface area (Å²) in [6.07, 6.45) is -2.48. The Bertz CT molecular complexity index is 1250. The third-order valence-electron chi connectivity index (χ3n) is 5.63. The van der Waals surface area contributed by atoms with E-state index in [1.165, 1.54) is 12.3 Å². The van der Waals surface area contributed by atoms with Crippen LogP contribution in [0.25, 0.3) is 11.3 Å². The van der Waals surface area contributed by atoms with E-state index in [0.29, 0.717) is 48.1 Å². The van der Waals surface area contributed by atoms with Crippen molar-refractivity contribution >= 4 is 27.3 Å². The zero-order chi connectivity index (χ0) is 26.2. The highest BCUT2D eigenvalue weighted by Crippen LogP contribution is 2.45. The molecular weight excluding hydrogens is 509 g/mol. The van der Waals surface area contributed by atoms with E-state index in [9.17, 15) is 26.4 Å². The van der Waals surface area contributed by atoms with Crippen molar-refractivity contribution in [3.8, 4) is 17.0 Å². The molecule has 2 aromatic rings. The van der Waals surface area contributed by atoms with Crippen LogP contribution in [0, 0.1) is 5.41 Å². The van der Waals surface area contributed by atoms with Crippen LogP contribution >= 0.6 is 11.6 Å². The largest absolute Gasteiger partial charge is 0.492 e. The average molecular weight is 537 g/mol. The van der Waals surface area contributed by atoms with Crippen LogP contribution in [0.15, 0.2) is 29.2 Å². The molecule has 0 fully saturated rings. The smallest absolute Gasteiger partial charge is 0.404 e. The van der Waals surface area contributed by atoms with Gasteiger partial charge in [0.1, 0.15) is 11.4 Å². The second kappa shape index (κ2) is 10.0. The third-order valence-corrected chi connectivity index (χ3v) is 7.17. The molecule has 0 aliphatic carbocycles. The van der Waals surface area contributed by atoms with Crippen LogP contribution in [-0.2, 0) is 21.2 Å². The number of hydrogen-bond donors (Lipinski definition) is 1. The Morgan fingerprint density at radius 2 is 1.86 bits per heavy atom. The minimum absolute atomic E-state index is 0.237. The summed E-state index contributed by atoms with van der Waals surface area (Å²) in [5.41, 5.74) is 0.506. The lowest BCUT2D eigenvalue weighted by atomic mass is 9.79. The van der Waals surface area contributed by atoms with Crippen LogP contribution in [0.2, 0.25) is 5.02 Å². The fraction of sp³-hybridized carbons (Fsp3) is 0.522. The van der Waals surface area contributed by atoms with Crippen LogP contribution in [0.5, 0.6) is 5.75 Å². The molecule has 1 aromatic heterocycles. The molecule has 0 amide bonds. The van der Waals surface area contributed by atoms with Crippen LogP contribution in [0.1, 0.15) is 38.8 Å². The first-order valence-electron chi connectivity index (χ1n) is 10.9. The molecule has 2 heterocycles. The van der Waals surface area contributed by atoms with Gasteiger partial charge in [0, 0.05) is 44.0 Å². The second-order valence-corrected chi connectivity index (χ2v) is 11.7. The van der Waals surface area contributed by atoms with E-state index in [0.717, 1.165) is 5.56 Å². The number of rotatable bonds is 8. The average Bonchev–Trinajstić information content (AvgIpc) is 2.69. The summed E-state index contributed by atoms with van der Waals surface area (Å²) in [5, 5.41) is 0.337. The lowest BCUT2D eigenvalue weighted by Crippen LogP contribution is -2.33.